The summed E-state index contributed by atoms with van der Waals surface area (Å²) in [5, 5.41) is 18.8. The van der Waals surface area contributed by atoms with Gasteiger partial charge in [-0.15, -0.1) is 0 Å². The molecule has 4 rings (SSSR count). The normalized spacial score (nSPS) is 28.3. The molecule has 0 spiro atoms. The van der Waals surface area contributed by atoms with Crippen molar-refractivity contribution in [3.8, 4) is 11.5 Å². The first-order valence-corrected chi connectivity index (χ1v) is 7.53. The van der Waals surface area contributed by atoms with E-state index in [2.05, 4.69) is 0 Å². The first-order valence-electron chi connectivity index (χ1n) is 7.53. The number of hydrogen-bond acceptors (Lipinski definition) is 6. The van der Waals surface area contributed by atoms with Crippen LogP contribution >= 0.6 is 0 Å². The van der Waals surface area contributed by atoms with Crippen molar-refractivity contribution in [2.75, 3.05) is 0 Å². The molecule has 2 fully saturated rings. The van der Waals surface area contributed by atoms with Crippen molar-refractivity contribution in [1.82, 2.24) is 0 Å². The highest BCUT2D eigenvalue weighted by Crippen LogP contribution is 2.51. The molecule has 122 valence electrons. The number of fused-ring (bicyclic) bond motifs is 1. The zero-order valence-corrected chi connectivity index (χ0v) is 12.5. The lowest BCUT2D eigenvalue weighted by Gasteiger charge is -2.15. The SMILES string of the molecule is O=C1O[C@H](c2ccc(O)cc2)[C@H]2C(=O)O[C@H](c3ccc(O)cc3)[C@@H]12. The Balaban J connectivity index is 1.68. The highest BCUT2D eigenvalue weighted by Gasteiger charge is 2.59. The number of phenolic OH excluding ortho intramolecular Hbond substituents is 2. The van der Waals surface area contributed by atoms with Crippen LogP contribution in [0.2, 0.25) is 0 Å². The summed E-state index contributed by atoms with van der Waals surface area (Å²) in [6.45, 7) is 0. The predicted molar refractivity (Wildman–Crippen MR) is 80.9 cm³/mol. The zero-order chi connectivity index (χ0) is 16.8. The third-order valence-corrected chi connectivity index (χ3v) is 4.51. The van der Waals surface area contributed by atoms with Gasteiger partial charge in [-0.1, -0.05) is 24.3 Å². The molecule has 2 aliphatic heterocycles. The smallest absolute Gasteiger partial charge is 0.314 e. The van der Waals surface area contributed by atoms with Crippen molar-refractivity contribution >= 4 is 11.9 Å². The van der Waals surface area contributed by atoms with Gasteiger partial charge in [0.15, 0.2) is 0 Å². The van der Waals surface area contributed by atoms with Crippen LogP contribution in [-0.4, -0.2) is 22.2 Å². The van der Waals surface area contributed by atoms with Gasteiger partial charge in [-0.3, -0.25) is 9.59 Å². The molecule has 2 aromatic rings. The van der Waals surface area contributed by atoms with E-state index in [4.69, 9.17) is 9.47 Å². The Morgan fingerprint density at radius 2 is 0.958 bits per heavy atom. The molecule has 0 unspecified atom stereocenters. The second kappa shape index (κ2) is 5.26. The average Bonchev–Trinajstić information content (AvgIpc) is 3.08. The van der Waals surface area contributed by atoms with E-state index in [0.717, 1.165) is 0 Å². The van der Waals surface area contributed by atoms with E-state index in [1.165, 1.54) is 24.3 Å². The first kappa shape index (κ1) is 14.6. The number of carbonyl (C=O) groups excluding carboxylic acids is 2. The molecule has 2 aliphatic rings. The zero-order valence-electron chi connectivity index (χ0n) is 12.5. The molecule has 2 aromatic carbocycles. The third-order valence-electron chi connectivity index (χ3n) is 4.51. The molecule has 0 radical (unpaired) electrons. The number of carbonyl (C=O) groups is 2. The topological polar surface area (TPSA) is 93.1 Å². The number of rotatable bonds is 2. The van der Waals surface area contributed by atoms with E-state index in [9.17, 15) is 19.8 Å². The van der Waals surface area contributed by atoms with Crippen LogP contribution in [0.3, 0.4) is 0 Å². The molecule has 2 heterocycles. The van der Waals surface area contributed by atoms with E-state index >= 15 is 0 Å². The Kier molecular flexibility index (Phi) is 3.19. The van der Waals surface area contributed by atoms with Gasteiger partial charge in [0.2, 0.25) is 0 Å². The van der Waals surface area contributed by atoms with Crippen LogP contribution < -0.4 is 0 Å². The van der Waals surface area contributed by atoms with Gasteiger partial charge in [0.1, 0.15) is 35.5 Å². The molecule has 0 aromatic heterocycles. The fraction of sp³-hybridized carbons (Fsp3) is 0.222. The minimum absolute atomic E-state index is 0.0931. The maximum absolute atomic E-state index is 12.3. The van der Waals surface area contributed by atoms with Crippen molar-refractivity contribution < 1.29 is 29.3 Å². The quantitative estimate of drug-likeness (QED) is 0.822. The maximum Gasteiger partial charge on any atom is 0.314 e. The Labute approximate surface area is 137 Å². The summed E-state index contributed by atoms with van der Waals surface area (Å²) in [6, 6.07) is 12.4. The van der Waals surface area contributed by atoms with Crippen molar-refractivity contribution in [2.24, 2.45) is 11.8 Å². The number of aromatic hydroxyl groups is 2. The summed E-state index contributed by atoms with van der Waals surface area (Å²) in [5.41, 5.74) is 1.27. The van der Waals surface area contributed by atoms with Gasteiger partial charge in [0, 0.05) is 0 Å². The number of cyclic esters (lactones) is 2. The molecule has 0 bridgehead atoms. The molecular weight excluding hydrogens is 312 g/mol. The van der Waals surface area contributed by atoms with E-state index in [1.807, 2.05) is 0 Å². The molecule has 0 aliphatic carbocycles. The molecule has 2 N–H and O–H groups in total. The summed E-state index contributed by atoms with van der Waals surface area (Å²) in [4.78, 5) is 24.7. The molecule has 0 saturated carbocycles. The van der Waals surface area contributed by atoms with Gasteiger partial charge in [-0.05, 0) is 35.4 Å². The van der Waals surface area contributed by atoms with Gasteiger partial charge in [0.25, 0.3) is 0 Å². The van der Waals surface area contributed by atoms with Crippen LogP contribution in [0.4, 0.5) is 0 Å². The van der Waals surface area contributed by atoms with Crippen molar-refractivity contribution in [3.63, 3.8) is 0 Å². The lowest BCUT2D eigenvalue weighted by Crippen LogP contribution is -2.19. The average molecular weight is 326 g/mol. The van der Waals surface area contributed by atoms with Crippen molar-refractivity contribution in [1.29, 1.82) is 0 Å². The maximum atomic E-state index is 12.3. The molecule has 0 amide bonds. The number of benzene rings is 2. The van der Waals surface area contributed by atoms with E-state index in [0.29, 0.717) is 11.1 Å². The minimum atomic E-state index is -0.724. The van der Waals surface area contributed by atoms with Crippen LogP contribution in [0.25, 0.3) is 0 Å². The predicted octanol–water partition coefficient (Wildman–Crippen LogP) is 2.23. The minimum Gasteiger partial charge on any atom is -0.508 e. The van der Waals surface area contributed by atoms with Gasteiger partial charge in [-0.2, -0.15) is 0 Å². The first-order chi connectivity index (χ1) is 11.5. The monoisotopic (exact) mass is 326 g/mol. The van der Waals surface area contributed by atoms with Crippen LogP contribution in [0.1, 0.15) is 23.3 Å². The van der Waals surface area contributed by atoms with E-state index in [1.54, 1.807) is 24.3 Å². The molecule has 24 heavy (non-hydrogen) atoms. The summed E-state index contributed by atoms with van der Waals surface area (Å²) in [7, 11) is 0. The lowest BCUT2D eigenvalue weighted by molar-refractivity contribution is -0.154. The summed E-state index contributed by atoms with van der Waals surface area (Å²) in [5.74, 6) is -2.23. The number of esters is 2. The fourth-order valence-corrected chi connectivity index (χ4v) is 3.35. The van der Waals surface area contributed by atoms with Crippen molar-refractivity contribution in [2.45, 2.75) is 12.2 Å². The van der Waals surface area contributed by atoms with Gasteiger partial charge >= 0.3 is 11.9 Å². The molecule has 6 nitrogen and oxygen atoms in total. The summed E-state index contributed by atoms with van der Waals surface area (Å²) in [6.07, 6.45) is -1.45. The Hall–Kier alpha value is -3.02. The van der Waals surface area contributed by atoms with Gasteiger partial charge in [0.05, 0.1) is 0 Å². The van der Waals surface area contributed by atoms with Gasteiger partial charge < -0.3 is 19.7 Å². The lowest BCUT2D eigenvalue weighted by atomic mass is 9.84. The third kappa shape index (κ3) is 2.19. The number of hydrogen-bond donors (Lipinski definition) is 2. The van der Waals surface area contributed by atoms with Crippen LogP contribution in [0.5, 0.6) is 11.5 Å². The highest BCUT2D eigenvalue weighted by molar-refractivity contribution is 5.89. The van der Waals surface area contributed by atoms with E-state index < -0.39 is 36.0 Å². The summed E-state index contributed by atoms with van der Waals surface area (Å²) < 4.78 is 10.9. The highest BCUT2D eigenvalue weighted by atomic mass is 16.6. The second-order valence-corrected chi connectivity index (χ2v) is 5.95. The standard InChI is InChI=1S/C18H14O6/c19-11-5-1-9(2-6-11)15-13-14(18(22)23-15)16(24-17(13)21)10-3-7-12(20)8-4-10/h1-8,13-16,19-20H/t13-,14-,15+,16+/m0/s1. The Morgan fingerprint density at radius 3 is 1.29 bits per heavy atom. The van der Waals surface area contributed by atoms with E-state index in [-0.39, 0.29) is 11.5 Å². The Morgan fingerprint density at radius 1 is 0.625 bits per heavy atom. The molecular formula is C18H14O6. The van der Waals surface area contributed by atoms with Crippen LogP contribution in [-0.2, 0) is 19.1 Å². The Bertz CT molecular complexity index is 726. The largest absolute Gasteiger partial charge is 0.508 e. The number of ether oxygens (including phenoxy) is 2. The fourth-order valence-electron chi connectivity index (χ4n) is 3.35. The van der Waals surface area contributed by atoms with Crippen LogP contribution in [0.15, 0.2) is 48.5 Å². The summed E-state index contributed by atoms with van der Waals surface area (Å²) >= 11 is 0. The van der Waals surface area contributed by atoms with Crippen LogP contribution in [0, 0.1) is 11.8 Å². The number of phenols is 2. The second-order valence-electron chi connectivity index (χ2n) is 5.95. The molecule has 4 atom stereocenters. The molecule has 6 heteroatoms. The van der Waals surface area contributed by atoms with Gasteiger partial charge in [-0.25, -0.2) is 0 Å². The van der Waals surface area contributed by atoms with Crippen molar-refractivity contribution in [3.05, 3.63) is 59.7 Å². The molecule has 2 saturated heterocycles.